The minimum Gasteiger partial charge on any atom is -0.378 e. The van der Waals surface area contributed by atoms with Gasteiger partial charge in [0, 0.05) is 13.1 Å². The predicted molar refractivity (Wildman–Crippen MR) is 82.6 cm³/mol. The van der Waals surface area contributed by atoms with Gasteiger partial charge < -0.3 is 10.1 Å². The van der Waals surface area contributed by atoms with Gasteiger partial charge in [-0.1, -0.05) is 25.1 Å². The van der Waals surface area contributed by atoms with Crippen LogP contribution in [-0.2, 0) is 21.3 Å². The summed E-state index contributed by atoms with van der Waals surface area (Å²) in [5, 5.41) is 3.19. The summed E-state index contributed by atoms with van der Waals surface area (Å²) >= 11 is 0. The highest BCUT2D eigenvalue weighted by atomic mass is 32.2. The number of ether oxygens (including phenoxy) is 1. The van der Waals surface area contributed by atoms with Crippen molar-refractivity contribution in [3.05, 3.63) is 29.8 Å². The molecule has 118 valence electrons. The molecule has 0 unspecified atom stereocenters. The Kier molecular flexibility index (Phi) is 5.03. The first kappa shape index (κ1) is 16.4. The van der Waals surface area contributed by atoms with Gasteiger partial charge in [0.25, 0.3) is 0 Å². The first-order valence-corrected chi connectivity index (χ1v) is 8.73. The van der Waals surface area contributed by atoms with Crippen LogP contribution in [0.5, 0.6) is 0 Å². The van der Waals surface area contributed by atoms with E-state index >= 15 is 0 Å². The largest absolute Gasteiger partial charge is 0.378 e. The van der Waals surface area contributed by atoms with Gasteiger partial charge in [0.1, 0.15) is 0 Å². The summed E-state index contributed by atoms with van der Waals surface area (Å²) in [6.45, 7) is 8.41. The van der Waals surface area contributed by atoms with Gasteiger partial charge in [-0.05, 0) is 32.0 Å². The van der Waals surface area contributed by atoms with Crippen LogP contribution in [-0.4, -0.2) is 44.6 Å². The molecule has 1 aromatic carbocycles. The molecule has 0 radical (unpaired) electrons. The molecule has 0 saturated carbocycles. The van der Waals surface area contributed by atoms with Crippen molar-refractivity contribution in [2.75, 3.05) is 26.3 Å². The SMILES string of the molecule is CCNCc1ccccc1S(=O)(=O)N1CCOCC1(C)C. The van der Waals surface area contributed by atoms with Crippen LogP contribution in [0.2, 0.25) is 0 Å². The average molecular weight is 312 g/mol. The van der Waals surface area contributed by atoms with Gasteiger partial charge in [0.2, 0.25) is 10.0 Å². The summed E-state index contributed by atoms with van der Waals surface area (Å²) < 4.78 is 33.0. The number of hydrogen-bond donors (Lipinski definition) is 1. The molecule has 0 bridgehead atoms. The molecule has 0 aliphatic carbocycles. The quantitative estimate of drug-likeness (QED) is 0.897. The van der Waals surface area contributed by atoms with Gasteiger partial charge in [0.05, 0.1) is 23.6 Å². The maximum atomic E-state index is 13.0. The lowest BCUT2D eigenvalue weighted by Crippen LogP contribution is -2.55. The molecule has 21 heavy (non-hydrogen) atoms. The molecule has 1 heterocycles. The van der Waals surface area contributed by atoms with E-state index in [2.05, 4.69) is 5.32 Å². The number of nitrogens with one attached hydrogen (secondary N) is 1. The zero-order valence-electron chi connectivity index (χ0n) is 12.9. The molecule has 0 aromatic heterocycles. The molecular formula is C15H24N2O3S. The van der Waals surface area contributed by atoms with Crippen molar-refractivity contribution in [3.8, 4) is 0 Å². The summed E-state index contributed by atoms with van der Waals surface area (Å²) in [5.41, 5.74) is 0.282. The number of rotatable bonds is 5. The molecule has 0 atom stereocenters. The van der Waals surface area contributed by atoms with E-state index in [1.807, 2.05) is 32.9 Å². The van der Waals surface area contributed by atoms with E-state index in [9.17, 15) is 8.42 Å². The second-order valence-corrected chi connectivity index (χ2v) is 7.66. The Labute approximate surface area is 127 Å². The highest BCUT2D eigenvalue weighted by Crippen LogP contribution is 2.29. The van der Waals surface area contributed by atoms with E-state index < -0.39 is 15.6 Å². The van der Waals surface area contributed by atoms with Crippen LogP contribution in [0.1, 0.15) is 26.3 Å². The lowest BCUT2D eigenvalue weighted by atomic mass is 10.1. The fraction of sp³-hybridized carbons (Fsp3) is 0.600. The van der Waals surface area contributed by atoms with Gasteiger partial charge in [-0.3, -0.25) is 0 Å². The van der Waals surface area contributed by atoms with Gasteiger partial charge in [-0.15, -0.1) is 0 Å². The summed E-state index contributed by atoms with van der Waals surface area (Å²) in [6.07, 6.45) is 0. The molecule has 1 aromatic rings. The molecule has 1 aliphatic heterocycles. The van der Waals surface area contributed by atoms with Gasteiger partial charge >= 0.3 is 0 Å². The first-order chi connectivity index (χ1) is 9.89. The zero-order chi connectivity index (χ0) is 15.5. The maximum Gasteiger partial charge on any atom is 0.244 e. The summed E-state index contributed by atoms with van der Waals surface area (Å²) in [7, 11) is -3.52. The lowest BCUT2D eigenvalue weighted by Gasteiger charge is -2.41. The molecule has 1 aliphatic rings. The second-order valence-electron chi connectivity index (χ2n) is 5.83. The average Bonchev–Trinajstić information content (AvgIpc) is 2.44. The van der Waals surface area contributed by atoms with E-state index in [4.69, 9.17) is 4.74 Å². The van der Waals surface area contributed by atoms with Crippen LogP contribution in [0.4, 0.5) is 0 Å². The van der Waals surface area contributed by atoms with E-state index in [1.165, 1.54) is 0 Å². The number of sulfonamides is 1. The van der Waals surface area contributed by atoms with Crippen molar-refractivity contribution in [1.29, 1.82) is 0 Å². The fourth-order valence-corrected chi connectivity index (χ4v) is 4.55. The predicted octanol–water partition coefficient (Wildman–Crippen LogP) is 1.60. The molecule has 1 saturated heterocycles. The van der Waals surface area contributed by atoms with Crippen LogP contribution in [0.25, 0.3) is 0 Å². The Bertz CT molecular complexity index is 584. The Hall–Kier alpha value is -0.950. The number of nitrogens with zero attached hydrogens (tertiary/aromatic N) is 1. The van der Waals surface area contributed by atoms with E-state index in [0.29, 0.717) is 31.2 Å². The van der Waals surface area contributed by atoms with E-state index in [1.54, 1.807) is 16.4 Å². The van der Waals surface area contributed by atoms with Gasteiger partial charge in [-0.25, -0.2) is 8.42 Å². The Morgan fingerprint density at radius 1 is 1.33 bits per heavy atom. The molecule has 6 heteroatoms. The van der Waals surface area contributed by atoms with Crippen molar-refractivity contribution in [2.24, 2.45) is 0 Å². The minimum atomic E-state index is -3.52. The Morgan fingerprint density at radius 3 is 2.71 bits per heavy atom. The van der Waals surface area contributed by atoms with Crippen LogP contribution in [0.3, 0.4) is 0 Å². The summed E-state index contributed by atoms with van der Waals surface area (Å²) in [4.78, 5) is 0.390. The van der Waals surface area contributed by atoms with Crippen molar-refractivity contribution in [3.63, 3.8) is 0 Å². The van der Waals surface area contributed by atoms with Crippen molar-refractivity contribution in [2.45, 2.75) is 37.8 Å². The van der Waals surface area contributed by atoms with Crippen LogP contribution < -0.4 is 5.32 Å². The third-order valence-corrected chi connectivity index (χ3v) is 5.89. The third-order valence-electron chi connectivity index (χ3n) is 3.68. The lowest BCUT2D eigenvalue weighted by molar-refractivity contribution is -0.00773. The van der Waals surface area contributed by atoms with E-state index in [-0.39, 0.29) is 0 Å². The molecular weight excluding hydrogens is 288 g/mol. The van der Waals surface area contributed by atoms with Crippen LogP contribution >= 0.6 is 0 Å². The number of hydrogen-bond acceptors (Lipinski definition) is 4. The van der Waals surface area contributed by atoms with Gasteiger partial charge in [-0.2, -0.15) is 4.31 Å². The Balaban J connectivity index is 2.39. The normalized spacial score (nSPS) is 19.6. The first-order valence-electron chi connectivity index (χ1n) is 7.29. The smallest absolute Gasteiger partial charge is 0.244 e. The molecule has 0 amide bonds. The van der Waals surface area contributed by atoms with Crippen molar-refractivity contribution >= 4 is 10.0 Å². The molecule has 1 N–H and O–H groups in total. The standard InChI is InChI=1S/C15H24N2O3S/c1-4-16-11-13-7-5-6-8-14(13)21(18,19)17-9-10-20-12-15(17,2)3/h5-8,16H,4,9-12H2,1-3H3. The second kappa shape index (κ2) is 6.44. The van der Waals surface area contributed by atoms with Crippen molar-refractivity contribution < 1.29 is 13.2 Å². The monoisotopic (exact) mass is 312 g/mol. The zero-order valence-corrected chi connectivity index (χ0v) is 13.7. The molecule has 1 fully saturated rings. The molecule has 0 spiro atoms. The Morgan fingerprint density at radius 2 is 2.05 bits per heavy atom. The summed E-state index contributed by atoms with van der Waals surface area (Å²) in [6, 6.07) is 7.20. The third kappa shape index (κ3) is 3.45. The minimum absolute atomic E-state index is 0.390. The summed E-state index contributed by atoms with van der Waals surface area (Å²) in [5.74, 6) is 0. The number of morpholine rings is 1. The fourth-order valence-electron chi connectivity index (χ4n) is 2.57. The molecule has 2 rings (SSSR count). The van der Waals surface area contributed by atoms with Crippen LogP contribution in [0, 0.1) is 0 Å². The maximum absolute atomic E-state index is 13.0. The highest BCUT2D eigenvalue weighted by Gasteiger charge is 2.40. The topological polar surface area (TPSA) is 58.6 Å². The van der Waals surface area contributed by atoms with Crippen molar-refractivity contribution in [1.82, 2.24) is 9.62 Å². The van der Waals surface area contributed by atoms with Gasteiger partial charge in [0.15, 0.2) is 0 Å². The molecule has 5 nitrogen and oxygen atoms in total. The highest BCUT2D eigenvalue weighted by molar-refractivity contribution is 7.89. The van der Waals surface area contributed by atoms with Crippen LogP contribution in [0.15, 0.2) is 29.2 Å². The van der Waals surface area contributed by atoms with E-state index in [0.717, 1.165) is 12.1 Å². The number of benzene rings is 1.